The molecule has 0 radical (unpaired) electrons. The molecule has 228 valence electrons. The number of carbonyl (C=O) groups excluding carboxylic acids is 4. The van der Waals surface area contributed by atoms with Gasteiger partial charge in [-0.2, -0.15) is 0 Å². The Bertz CT molecular complexity index is 1240. The number of carbonyl (C=O) groups is 4. The molecule has 2 N–H and O–H groups in total. The second kappa shape index (κ2) is 14.8. The van der Waals surface area contributed by atoms with Crippen molar-refractivity contribution in [1.29, 1.82) is 0 Å². The maximum atomic E-state index is 13.6. The number of aliphatic hydroxyl groups excluding tert-OH is 1. The van der Waals surface area contributed by atoms with E-state index in [0.29, 0.717) is 18.8 Å². The summed E-state index contributed by atoms with van der Waals surface area (Å²) in [6, 6.07) is 11.8. The highest BCUT2D eigenvalue weighted by atomic mass is 16.6. The van der Waals surface area contributed by atoms with E-state index in [9.17, 15) is 24.3 Å². The number of aliphatic hydroxyl groups is 1. The quantitative estimate of drug-likeness (QED) is 0.407. The third kappa shape index (κ3) is 9.27. The second-order valence-corrected chi connectivity index (χ2v) is 11.3. The Hall–Kier alpha value is -3.99. The minimum absolute atomic E-state index is 0.0237. The lowest BCUT2D eigenvalue weighted by molar-refractivity contribution is -0.155. The second-order valence-electron chi connectivity index (χ2n) is 11.3. The number of benzene rings is 1. The van der Waals surface area contributed by atoms with E-state index in [1.54, 1.807) is 38.7 Å². The van der Waals surface area contributed by atoms with Crippen LogP contribution in [0, 0.1) is 0 Å². The summed E-state index contributed by atoms with van der Waals surface area (Å²) in [6.45, 7) is 10.1. The normalized spacial score (nSPS) is 15.0. The molecule has 0 bridgehead atoms. The number of esters is 1. The topological polar surface area (TPSA) is 138 Å². The Labute approximate surface area is 247 Å². The molecule has 0 spiro atoms. The molecule has 1 aliphatic rings. The Balaban J connectivity index is 1.84. The van der Waals surface area contributed by atoms with Crippen molar-refractivity contribution >= 4 is 23.9 Å². The molecule has 1 aliphatic heterocycles. The average Bonchev–Trinajstić information content (AvgIpc) is 2.97. The smallest absolute Gasteiger partial charge is 0.409 e. The first-order valence-corrected chi connectivity index (χ1v) is 14.3. The van der Waals surface area contributed by atoms with Crippen molar-refractivity contribution in [3.63, 3.8) is 0 Å². The van der Waals surface area contributed by atoms with Crippen LogP contribution in [0.3, 0.4) is 0 Å². The number of aromatic nitrogens is 1. The van der Waals surface area contributed by atoms with Crippen LogP contribution < -0.4 is 5.32 Å². The summed E-state index contributed by atoms with van der Waals surface area (Å²) in [7, 11) is 0. The minimum Gasteiger partial charge on any atom is -0.460 e. The fourth-order valence-electron chi connectivity index (χ4n) is 4.50. The number of hydrogen-bond donors (Lipinski definition) is 2. The van der Waals surface area contributed by atoms with Gasteiger partial charge in [-0.3, -0.25) is 14.4 Å². The molecule has 11 heteroatoms. The zero-order chi connectivity index (χ0) is 30.9. The minimum atomic E-state index is -1.03. The first-order chi connectivity index (χ1) is 19.9. The molecule has 1 unspecified atom stereocenters. The zero-order valence-electron chi connectivity index (χ0n) is 25.1. The van der Waals surface area contributed by atoms with E-state index in [1.807, 2.05) is 43.3 Å². The number of nitrogens with one attached hydrogen (secondary N) is 1. The molecule has 1 saturated heterocycles. The maximum Gasteiger partial charge on any atom is 0.409 e. The van der Waals surface area contributed by atoms with Gasteiger partial charge in [-0.05, 0) is 51.8 Å². The van der Waals surface area contributed by atoms with Gasteiger partial charge in [0.1, 0.15) is 17.3 Å². The number of amides is 3. The molecule has 2 atom stereocenters. The van der Waals surface area contributed by atoms with Crippen molar-refractivity contribution in [3.8, 4) is 11.3 Å². The summed E-state index contributed by atoms with van der Waals surface area (Å²) < 4.78 is 10.5. The van der Waals surface area contributed by atoms with Crippen LogP contribution in [0.15, 0.2) is 42.5 Å². The zero-order valence-corrected chi connectivity index (χ0v) is 25.1. The van der Waals surface area contributed by atoms with E-state index < -0.39 is 29.6 Å². The van der Waals surface area contributed by atoms with Gasteiger partial charge in [-0.25, -0.2) is 9.78 Å². The standard InChI is InChI=1S/C31H42N4O7/c1-6-41-30(40)35-16-14-34(15-17-35)29(39)24(12-13-27(37)42-31(3,4)5)33-28(38)26-19-23(21(2)20-36)18-25(32-26)22-10-8-7-9-11-22/h7-11,18-19,21,24,36H,6,12-17,20H2,1-5H3,(H,33,38)/t21?,24-/m0/s1. The van der Waals surface area contributed by atoms with Gasteiger partial charge >= 0.3 is 12.1 Å². The van der Waals surface area contributed by atoms with Gasteiger partial charge in [0.2, 0.25) is 5.91 Å². The van der Waals surface area contributed by atoms with Gasteiger partial charge in [0.25, 0.3) is 5.91 Å². The molecule has 2 heterocycles. The van der Waals surface area contributed by atoms with Crippen molar-refractivity contribution in [2.75, 3.05) is 39.4 Å². The van der Waals surface area contributed by atoms with Gasteiger partial charge in [-0.1, -0.05) is 37.3 Å². The molecule has 1 fully saturated rings. The van der Waals surface area contributed by atoms with E-state index >= 15 is 0 Å². The molecule has 1 aromatic carbocycles. The number of piperazine rings is 1. The SMILES string of the molecule is CCOC(=O)N1CCN(C(=O)[C@H](CCC(=O)OC(C)(C)C)NC(=O)c2cc(C(C)CO)cc(-c3ccccc3)n2)CC1. The van der Waals surface area contributed by atoms with E-state index in [0.717, 1.165) is 11.1 Å². The van der Waals surface area contributed by atoms with E-state index in [2.05, 4.69) is 10.3 Å². The molecule has 3 amide bonds. The van der Waals surface area contributed by atoms with Crippen LogP contribution in [-0.2, 0) is 19.1 Å². The summed E-state index contributed by atoms with van der Waals surface area (Å²) in [5.41, 5.74) is 1.49. The van der Waals surface area contributed by atoms with Gasteiger partial charge in [0, 0.05) is 50.7 Å². The van der Waals surface area contributed by atoms with Gasteiger partial charge in [-0.15, -0.1) is 0 Å². The maximum absolute atomic E-state index is 13.6. The summed E-state index contributed by atoms with van der Waals surface area (Å²) in [5.74, 6) is -1.67. The van der Waals surface area contributed by atoms with Crippen LogP contribution in [-0.4, -0.2) is 94.8 Å². The Kier molecular flexibility index (Phi) is 11.4. The first-order valence-electron chi connectivity index (χ1n) is 14.3. The first kappa shape index (κ1) is 32.5. The third-order valence-electron chi connectivity index (χ3n) is 6.77. The van der Waals surface area contributed by atoms with Crippen LogP contribution in [0.2, 0.25) is 0 Å². The molecule has 11 nitrogen and oxygen atoms in total. The van der Waals surface area contributed by atoms with Crippen molar-refractivity contribution in [1.82, 2.24) is 20.1 Å². The number of nitrogens with zero attached hydrogens (tertiary/aromatic N) is 3. The van der Waals surface area contributed by atoms with Gasteiger partial charge in [0.05, 0.1) is 12.3 Å². The Morgan fingerprint density at radius 1 is 1.02 bits per heavy atom. The van der Waals surface area contributed by atoms with Crippen LogP contribution in [0.1, 0.15) is 69.4 Å². The average molecular weight is 583 g/mol. The van der Waals surface area contributed by atoms with Gasteiger partial charge in [0.15, 0.2) is 0 Å². The molecular formula is C31H42N4O7. The molecule has 0 saturated carbocycles. The van der Waals surface area contributed by atoms with Crippen molar-refractivity contribution in [3.05, 3.63) is 53.7 Å². The molecule has 2 aromatic rings. The largest absolute Gasteiger partial charge is 0.460 e. The number of ether oxygens (including phenoxy) is 2. The van der Waals surface area contributed by atoms with Gasteiger partial charge < -0.3 is 29.7 Å². The fourth-order valence-corrected chi connectivity index (χ4v) is 4.50. The van der Waals surface area contributed by atoms with Crippen molar-refractivity contribution in [2.45, 2.75) is 65.0 Å². The van der Waals surface area contributed by atoms with Crippen molar-refractivity contribution in [2.24, 2.45) is 0 Å². The van der Waals surface area contributed by atoms with E-state index in [-0.39, 0.29) is 56.7 Å². The third-order valence-corrected chi connectivity index (χ3v) is 6.77. The highest BCUT2D eigenvalue weighted by molar-refractivity contribution is 5.97. The van der Waals surface area contributed by atoms with E-state index in [1.165, 1.54) is 4.90 Å². The summed E-state index contributed by atoms with van der Waals surface area (Å²) in [5, 5.41) is 12.6. The van der Waals surface area contributed by atoms with E-state index in [4.69, 9.17) is 9.47 Å². The number of rotatable bonds is 10. The highest BCUT2D eigenvalue weighted by Gasteiger charge is 2.32. The molecule has 42 heavy (non-hydrogen) atoms. The highest BCUT2D eigenvalue weighted by Crippen LogP contribution is 2.24. The summed E-state index contributed by atoms with van der Waals surface area (Å²) >= 11 is 0. The Morgan fingerprint density at radius 3 is 2.26 bits per heavy atom. The lowest BCUT2D eigenvalue weighted by Crippen LogP contribution is -2.56. The number of hydrogen-bond acceptors (Lipinski definition) is 8. The van der Waals surface area contributed by atoms with Crippen molar-refractivity contribution < 1.29 is 33.8 Å². The predicted molar refractivity (Wildman–Crippen MR) is 157 cm³/mol. The predicted octanol–water partition coefficient (Wildman–Crippen LogP) is 3.37. The number of pyridine rings is 1. The molecule has 3 rings (SSSR count). The van der Waals surface area contributed by atoms with Crippen LogP contribution >= 0.6 is 0 Å². The van der Waals surface area contributed by atoms with Crippen LogP contribution in [0.4, 0.5) is 4.79 Å². The molecule has 0 aliphatic carbocycles. The fraction of sp³-hybridized carbons (Fsp3) is 0.516. The lowest BCUT2D eigenvalue weighted by atomic mass is 9.99. The monoisotopic (exact) mass is 582 g/mol. The Morgan fingerprint density at radius 2 is 1.67 bits per heavy atom. The molecular weight excluding hydrogens is 540 g/mol. The lowest BCUT2D eigenvalue weighted by Gasteiger charge is -2.36. The van der Waals surface area contributed by atoms with Crippen LogP contribution in [0.5, 0.6) is 0 Å². The summed E-state index contributed by atoms with van der Waals surface area (Å²) in [6.07, 6.45) is -0.492. The molecule has 1 aromatic heterocycles. The summed E-state index contributed by atoms with van der Waals surface area (Å²) in [4.78, 5) is 59.5. The van der Waals surface area contributed by atoms with Crippen LogP contribution in [0.25, 0.3) is 11.3 Å².